The zero-order chi connectivity index (χ0) is 9.42. The number of fused-ring (bicyclic) bond motifs is 1. The molecule has 2 heterocycles. The van der Waals surface area contributed by atoms with E-state index in [0.717, 1.165) is 25.3 Å². The topological polar surface area (TPSA) is 33.5 Å². The molecule has 0 aromatic carbocycles. The van der Waals surface area contributed by atoms with Gasteiger partial charge in [0.05, 0.1) is 6.54 Å². The lowest BCUT2D eigenvalue weighted by Crippen LogP contribution is -2.25. The summed E-state index contributed by atoms with van der Waals surface area (Å²) < 4.78 is 5.45. The number of rotatable bonds is 1. The van der Waals surface area contributed by atoms with Gasteiger partial charge in [-0.2, -0.15) is 0 Å². The van der Waals surface area contributed by atoms with Gasteiger partial charge in [0.1, 0.15) is 5.76 Å². The molecule has 0 radical (unpaired) electrons. The van der Waals surface area contributed by atoms with Crippen LogP contribution in [0.3, 0.4) is 0 Å². The molecule has 2 rings (SSSR count). The monoisotopic (exact) mass is 179 g/mol. The summed E-state index contributed by atoms with van der Waals surface area (Å²) in [7, 11) is 2.05. The van der Waals surface area contributed by atoms with Gasteiger partial charge in [-0.1, -0.05) is 0 Å². The van der Waals surface area contributed by atoms with Crippen LogP contribution in [0.2, 0.25) is 0 Å². The highest BCUT2D eigenvalue weighted by Crippen LogP contribution is 2.22. The van der Waals surface area contributed by atoms with Crippen LogP contribution in [0.25, 0.3) is 0 Å². The van der Waals surface area contributed by atoms with Gasteiger partial charge < -0.3 is 4.42 Å². The van der Waals surface area contributed by atoms with Crippen molar-refractivity contribution < 1.29 is 9.21 Å². The van der Waals surface area contributed by atoms with E-state index in [4.69, 9.17) is 4.42 Å². The molecule has 0 spiro atoms. The minimum atomic E-state index is 0.0112. The first-order valence-corrected chi connectivity index (χ1v) is 4.48. The average molecular weight is 179 g/mol. The number of furan rings is 1. The van der Waals surface area contributed by atoms with Crippen LogP contribution in [-0.4, -0.2) is 24.3 Å². The molecule has 0 atom stereocenters. The van der Waals surface area contributed by atoms with E-state index < -0.39 is 0 Å². The maximum Gasteiger partial charge on any atom is 0.194 e. The summed E-state index contributed by atoms with van der Waals surface area (Å²) in [6, 6.07) is 1.88. The third-order valence-electron chi connectivity index (χ3n) is 2.42. The predicted molar refractivity (Wildman–Crippen MR) is 48.8 cm³/mol. The molecule has 0 aliphatic carbocycles. The lowest BCUT2D eigenvalue weighted by atomic mass is 10.1. The fraction of sp³-hybridized carbons (Fsp3) is 0.500. The van der Waals surface area contributed by atoms with E-state index in [1.807, 2.05) is 6.07 Å². The Labute approximate surface area is 77.3 Å². The van der Waals surface area contributed by atoms with E-state index in [2.05, 4.69) is 11.9 Å². The number of hydrogen-bond acceptors (Lipinski definition) is 3. The standard InChI is InChI=1S/C10H13NO2/c1-7(12)9-5-8-3-4-11(2)6-10(8)13-9/h5H,3-4,6H2,1-2H3. The minimum absolute atomic E-state index is 0.0112. The Morgan fingerprint density at radius 1 is 1.62 bits per heavy atom. The van der Waals surface area contributed by atoms with Gasteiger partial charge in [0.2, 0.25) is 0 Å². The summed E-state index contributed by atoms with van der Waals surface area (Å²) >= 11 is 0. The molecule has 0 fully saturated rings. The lowest BCUT2D eigenvalue weighted by Gasteiger charge is -2.20. The van der Waals surface area contributed by atoms with Crippen LogP contribution in [0.1, 0.15) is 28.8 Å². The van der Waals surface area contributed by atoms with Crippen LogP contribution in [0.4, 0.5) is 0 Å². The van der Waals surface area contributed by atoms with Gasteiger partial charge in [0.25, 0.3) is 0 Å². The fourth-order valence-corrected chi connectivity index (χ4v) is 1.62. The Hall–Kier alpha value is -1.09. The van der Waals surface area contributed by atoms with Crippen LogP contribution in [0, 0.1) is 0 Å². The number of carbonyl (C=O) groups is 1. The Kier molecular flexibility index (Phi) is 1.96. The highest BCUT2D eigenvalue weighted by atomic mass is 16.3. The van der Waals surface area contributed by atoms with E-state index >= 15 is 0 Å². The van der Waals surface area contributed by atoms with Gasteiger partial charge >= 0.3 is 0 Å². The van der Waals surface area contributed by atoms with Crippen molar-refractivity contribution in [3.63, 3.8) is 0 Å². The van der Waals surface area contributed by atoms with E-state index in [-0.39, 0.29) is 5.78 Å². The van der Waals surface area contributed by atoms with Crippen molar-refractivity contribution >= 4 is 5.78 Å². The van der Waals surface area contributed by atoms with Crippen LogP contribution in [-0.2, 0) is 13.0 Å². The third kappa shape index (κ3) is 1.52. The normalized spacial score (nSPS) is 17.1. The van der Waals surface area contributed by atoms with Gasteiger partial charge in [0, 0.05) is 13.5 Å². The third-order valence-corrected chi connectivity index (χ3v) is 2.42. The largest absolute Gasteiger partial charge is 0.456 e. The summed E-state index contributed by atoms with van der Waals surface area (Å²) in [6.45, 7) is 3.40. The van der Waals surface area contributed by atoms with Gasteiger partial charge in [-0.15, -0.1) is 0 Å². The van der Waals surface area contributed by atoms with Crippen molar-refractivity contribution in [3.8, 4) is 0 Å². The van der Waals surface area contributed by atoms with Crippen LogP contribution >= 0.6 is 0 Å². The number of ketones is 1. The van der Waals surface area contributed by atoms with E-state index in [0.29, 0.717) is 5.76 Å². The maximum absolute atomic E-state index is 11.0. The number of likely N-dealkylation sites (N-methyl/N-ethyl adjacent to an activating group) is 1. The number of Topliss-reactive ketones (excluding diaryl/α,β-unsaturated/α-hetero) is 1. The number of nitrogens with zero attached hydrogens (tertiary/aromatic N) is 1. The van der Waals surface area contributed by atoms with Crippen molar-refractivity contribution in [3.05, 3.63) is 23.2 Å². The van der Waals surface area contributed by atoms with Crippen LogP contribution in [0.15, 0.2) is 10.5 Å². The van der Waals surface area contributed by atoms with Crippen molar-refractivity contribution in [2.24, 2.45) is 0 Å². The molecule has 1 aliphatic rings. The molecule has 3 nitrogen and oxygen atoms in total. The highest BCUT2D eigenvalue weighted by molar-refractivity contribution is 5.91. The summed E-state index contributed by atoms with van der Waals surface area (Å²) in [5.41, 5.74) is 1.20. The van der Waals surface area contributed by atoms with E-state index in [9.17, 15) is 4.79 Å². The van der Waals surface area contributed by atoms with Crippen molar-refractivity contribution in [1.82, 2.24) is 4.90 Å². The zero-order valence-corrected chi connectivity index (χ0v) is 7.96. The number of carbonyl (C=O) groups excluding carboxylic acids is 1. The quantitative estimate of drug-likeness (QED) is 0.612. The zero-order valence-electron chi connectivity index (χ0n) is 7.96. The molecule has 0 amide bonds. The maximum atomic E-state index is 11.0. The molecule has 0 bridgehead atoms. The molecule has 1 aromatic rings. The van der Waals surface area contributed by atoms with Gasteiger partial charge in [0.15, 0.2) is 11.5 Å². The molecular weight excluding hydrogens is 166 g/mol. The molecule has 3 heteroatoms. The molecule has 0 unspecified atom stereocenters. The Bertz CT molecular complexity index is 341. The lowest BCUT2D eigenvalue weighted by molar-refractivity contribution is 0.0983. The molecule has 0 saturated heterocycles. The first-order chi connectivity index (χ1) is 6.16. The first kappa shape index (κ1) is 8.51. The van der Waals surface area contributed by atoms with E-state index in [1.165, 1.54) is 12.5 Å². The first-order valence-electron chi connectivity index (χ1n) is 4.48. The van der Waals surface area contributed by atoms with Crippen molar-refractivity contribution in [1.29, 1.82) is 0 Å². The van der Waals surface area contributed by atoms with Gasteiger partial charge in [-0.05, 0) is 25.1 Å². The molecular formula is C10H13NO2. The van der Waals surface area contributed by atoms with Gasteiger partial charge in [-0.25, -0.2) is 0 Å². The van der Waals surface area contributed by atoms with Crippen LogP contribution in [0.5, 0.6) is 0 Å². The summed E-state index contributed by atoms with van der Waals surface area (Å²) in [5.74, 6) is 1.47. The van der Waals surface area contributed by atoms with Crippen molar-refractivity contribution in [2.75, 3.05) is 13.6 Å². The second kappa shape index (κ2) is 3.00. The molecule has 0 N–H and O–H groups in total. The highest BCUT2D eigenvalue weighted by Gasteiger charge is 2.19. The summed E-state index contributed by atoms with van der Waals surface area (Å²) in [6.07, 6.45) is 0.989. The predicted octanol–water partition coefficient (Wildman–Crippen LogP) is 1.47. The van der Waals surface area contributed by atoms with Crippen LogP contribution < -0.4 is 0 Å². The fourth-order valence-electron chi connectivity index (χ4n) is 1.62. The van der Waals surface area contributed by atoms with Gasteiger partial charge in [-0.3, -0.25) is 9.69 Å². The van der Waals surface area contributed by atoms with E-state index in [1.54, 1.807) is 0 Å². The molecule has 1 aliphatic heterocycles. The van der Waals surface area contributed by atoms with Crippen molar-refractivity contribution in [2.45, 2.75) is 19.9 Å². The average Bonchev–Trinajstić information content (AvgIpc) is 2.46. The smallest absolute Gasteiger partial charge is 0.194 e. The molecule has 70 valence electrons. The SMILES string of the molecule is CC(=O)c1cc2c(o1)CN(C)CC2. The summed E-state index contributed by atoms with van der Waals surface area (Å²) in [5, 5.41) is 0. The minimum Gasteiger partial charge on any atom is -0.456 e. The summed E-state index contributed by atoms with van der Waals surface area (Å²) in [4.78, 5) is 13.2. The molecule has 13 heavy (non-hydrogen) atoms. The Balaban J connectivity index is 2.33. The molecule has 1 aromatic heterocycles. The second-order valence-corrected chi connectivity index (χ2v) is 3.60. The Morgan fingerprint density at radius 3 is 3.08 bits per heavy atom. The second-order valence-electron chi connectivity index (χ2n) is 3.60. The Morgan fingerprint density at radius 2 is 2.38 bits per heavy atom. The number of hydrogen-bond donors (Lipinski definition) is 0. The molecule has 0 saturated carbocycles.